The van der Waals surface area contributed by atoms with E-state index in [1.807, 2.05) is 30.3 Å². The van der Waals surface area contributed by atoms with Gasteiger partial charge in [-0.15, -0.1) is 0 Å². The van der Waals surface area contributed by atoms with Gasteiger partial charge in [0, 0.05) is 6.54 Å². The molecule has 1 aromatic carbocycles. The van der Waals surface area contributed by atoms with Crippen LogP contribution in [0.5, 0.6) is 0 Å². The average molecular weight is 237 g/mol. The molecule has 1 aliphatic heterocycles. The van der Waals surface area contributed by atoms with E-state index in [9.17, 15) is 9.59 Å². The molecular weight excluding hydrogens is 226 g/mol. The van der Waals surface area contributed by atoms with E-state index in [0.29, 0.717) is 6.54 Å². The average Bonchev–Trinajstić information content (AvgIpc) is 2.59. The van der Waals surface area contributed by atoms with Crippen LogP contribution in [0.15, 0.2) is 30.3 Å². The molecule has 1 heterocycles. The minimum atomic E-state index is -0.632. The minimum Gasteiger partial charge on any atom is -0.285 e. The lowest BCUT2D eigenvalue weighted by molar-refractivity contribution is -0.121. The van der Waals surface area contributed by atoms with Gasteiger partial charge >= 0.3 is 0 Å². The van der Waals surface area contributed by atoms with Crippen molar-refractivity contribution in [2.75, 3.05) is 0 Å². The van der Waals surface area contributed by atoms with Crippen LogP contribution < -0.4 is 11.2 Å². The van der Waals surface area contributed by atoms with Crippen LogP contribution in [0, 0.1) is 0 Å². The van der Waals surface area contributed by atoms with Crippen LogP contribution >= 0.6 is 11.8 Å². The largest absolute Gasteiger partial charge is 0.287 e. The van der Waals surface area contributed by atoms with Gasteiger partial charge in [0.1, 0.15) is 0 Å². The lowest BCUT2D eigenvalue weighted by Crippen LogP contribution is -2.43. The van der Waals surface area contributed by atoms with Gasteiger partial charge < -0.3 is 0 Å². The lowest BCUT2D eigenvalue weighted by Gasteiger charge is -2.19. The molecular formula is C10H11N3O2S. The number of carbonyl (C=O) groups is 2. The molecule has 1 saturated heterocycles. The molecule has 1 aliphatic rings. The molecule has 0 bridgehead atoms. The normalized spacial score (nSPS) is 20.2. The minimum absolute atomic E-state index is 0.349. The van der Waals surface area contributed by atoms with Gasteiger partial charge in [-0.3, -0.25) is 20.7 Å². The third-order valence-electron chi connectivity index (χ3n) is 2.18. The van der Waals surface area contributed by atoms with Crippen molar-refractivity contribution in [3.05, 3.63) is 35.9 Å². The molecule has 16 heavy (non-hydrogen) atoms. The van der Waals surface area contributed by atoms with E-state index in [1.54, 1.807) is 0 Å². The van der Waals surface area contributed by atoms with Crippen molar-refractivity contribution in [3.63, 3.8) is 0 Å². The van der Waals surface area contributed by atoms with Gasteiger partial charge in [-0.25, -0.2) is 5.01 Å². The summed E-state index contributed by atoms with van der Waals surface area (Å²) in [5.74, 6) is 5.41. The summed E-state index contributed by atoms with van der Waals surface area (Å²) < 4.78 is 0. The highest BCUT2D eigenvalue weighted by Gasteiger charge is 2.35. The Morgan fingerprint density at radius 1 is 1.31 bits per heavy atom. The van der Waals surface area contributed by atoms with Crippen LogP contribution in [0.1, 0.15) is 5.56 Å². The van der Waals surface area contributed by atoms with Crippen molar-refractivity contribution in [1.29, 1.82) is 0 Å². The molecule has 6 heteroatoms. The summed E-state index contributed by atoms with van der Waals surface area (Å²) in [6, 6.07) is 9.54. The lowest BCUT2D eigenvalue weighted by atomic mass is 10.2. The quantitative estimate of drug-likeness (QED) is 0.597. The van der Waals surface area contributed by atoms with E-state index >= 15 is 0 Å². The van der Waals surface area contributed by atoms with E-state index in [0.717, 1.165) is 17.3 Å². The fourth-order valence-corrected chi connectivity index (χ4v) is 2.18. The maximum atomic E-state index is 11.3. The maximum Gasteiger partial charge on any atom is 0.287 e. The number of hydrazine groups is 1. The Bertz CT molecular complexity index is 410. The topological polar surface area (TPSA) is 75.4 Å². The van der Waals surface area contributed by atoms with Crippen LogP contribution in [-0.4, -0.2) is 21.5 Å². The molecule has 0 saturated carbocycles. The Balaban J connectivity index is 2.01. The predicted octanol–water partition coefficient (Wildman–Crippen LogP) is 0.671. The first-order chi connectivity index (χ1) is 7.66. The van der Waals surface area contributed by atoms with Crippen LogP contribution in [0.2, 0.25) is 0 Å². The first-order valence-electron chi connectivity index (χ1n) is 4.73. The monoisotopic (exact) mass is 237 g/mol. The molecule has 1 aromatic rings. The Morgan fingerprint density at radius 3 is 2.56 bits per heavy atom. The van der Waals surface area contributed by atoms with Crippen LogP contribution in [-0.2, 0) is 11.3 Å². The van der Waals surface area contributed by atoms with Gasteiger partial charge in [-0.2, -0.15) is 0 Å². The Hall–Kier alpha value is -1.37. The molecule has 0 spiro atoms. The van der Waals surface area contributed by atoms with Gasteiger partial charge in [0.05, 0.1) is 0 Å². The summed E-state index contributed by atoms with van der Waals surface area (Å²) >= 11 is 0.902. The van der Waals surface area contributed by atoms with Gasteiger partial charge in [0.15, 0.2) is 5.37 Å². The number of amides is 2. The predicted molar refractivity (Wildman–Crippen MR) is 61.1 cm³/mol. The highest BCUT2D eigenvalue weighted by molar-refractivity contribution is 8.15. The number of imide groups is 1. The number of nitrogens with zero attached hydrogens (tertiary/aromatic N) is 1. The molecule has 0 aromatic heterocycles. The summed E-state index contributed by atoms with van der Waals surface area (Å²) in [7, 11) is 0. The van der Waals surface area contributed by atoms with Gasteiger partial charge in [-0.05, 0) is 17.3 Å². The van der Waals surface area contributed by atoms with E-state index in [4.69, 9.17) is 5.84 Å². The number of hydrogen-bond acceptors (Lipinski definition) is 5. The summed E-state index contributed by atoms with van der Waals surface area (Å²) in [5, 5.41) is 2.58. The molecule has 0 radical (unpaired) electrons. The summed E-state index contributed by atoms with van der Waals surface area (Å²) in [6.45, 7) is 0.430. The number of rotatable bonds is 3. The van der Waals surface area contributed by atoms with Crippen molar-refractivity contribution >= 4 is 22.9 Å². The zero-order chi connectivity index (χ0) is 11.5. The molecule has 1 atom stereocenters. The second-order valence-electron chi connectivity index (χ2n) is 3.40. The van der Waals surface area contributed by atoms with Crippen molar-refractivity contribution < 1.29 is 9.59 Å². The van der Waals surface area contributed by atoms with Crippen molar-refractivity contribution in [2.24, 2.45) is 5.84 Å². The fraction of sp³-hybridized carbons (Fsp3) is 0.200. The fourth-order valence-electron chi connectivity index (χ4n) is 1.44. The number of carbonyl (C=O) groups excluding carboxylic acids is 2. The first kappa shape index (κ1) is 11.1. The summed E-state index contributed by atoms with van der Waals surface area (Å²) in [5.41, 5.74) is 0.998. The van der Waals surface area contributed by atoms with E-state index < -0.39 is 5.37 Å². The van der Waals surface area contributed by atoms with E-state index in [-0.39, 0.29) is 11.1 Å². The number of benzene rings is 1. The highest BCUT2D eigenvalue weighted by atomic mass is 32.2. The Labute approximate surface area is 97.0 Å². The van der Waals surface area contributed by atoms with E-state index in [1.165, 1.54) is 5.01 Å². The first-order valence-corrected chi connectivity index (χ1v) is 5.61. The second-order valence-corrected chi connectivity index (χ2v) is 4.46. The van der Waals surface area contributed by atoms with Crippen LogP contribution in [0.3, 0.4) is 0 Å². The molecule has 1 fully saturated rings. The van der Waals surface area contributed by atoms with Crippen molar-refractivity contribution in [1.82, 2.24) is 10.3 Å². The zero-order valence-electron chi connectivity index (χ0n) is 8.42. The molecule has 0 aliphatic carbocycles. The SMILES string of the molecule is NN(Cc1ccccc1)C1SC(=O)NC1=O. The van der Waals surface area contributed by atoms with Crippen molar-refractivity contribution in [2.45, 2.75) is 11.9 Å². The Morgan fingerprint density at radius 2 is 2.00 bits per heavy atom. The van der Waals surface area contributed by atoms with Gasteiger partial charge in [0.25, 0.3) is 11.1 Å². The molecule has 5 nitrogen and oxygen atoms in total. The number of hydrogen-bond donors (Lipinski definition) is 2. The highest BCUT2D eigenvalue weighted by Crippen LogP contribution is 2.21. The van der Waals surface area contributed by atoms with Crippen molar-refractivity contribution in [3.8, 4) is 0 Å². The van der Waals surface area contributed by atoms with Crippen LogP contribution in [0.4, 0.5) is 4.79 Å². The smallest absolute Gasteiger partial charge is 0.285 e. The van der Waals surface area contributed by atoms with E-state index in [2.05, 4.69) is 5.32 Å². The molecule has 3 N–H and O–H groups in total. The number of nitrogens with one attached hydrogen (secondary N) is 1. The summed E-state index contributed by atoms with van der Waals surface area (Å²) in [6.07, 6.45) is 0. The summed E-state index contributed by atoms with van der Waals surface area (Å²) in [4.78, 5) is 22.3. The molecule has 1 unspecified atom stereocenters. The van der Waals surface area contributed by atoms with Gasteiger partial charge in [-0.1, -0.05) is 30.3 Å². The standard InChI is InChI=1S/C10H11N3O2S/c11-13(6-7-4-2-1-3-5-7)9-8(14)12-10(15)16-9/h1-5,9H,6,11H2,(H,12,14,15). The molecule has 84 valence electrons. The molecule has 2 rings (SSSR count). The zero-order valence-corrected chi connectivity index (χ0v) is 9.24. The second kappa shape index (κ2) is 4.65. The third-order valence-corrected chi connectivity index (χ3v) is 3.20. The molecule has 2 amide bonds. The third kappa shape index (κ3) is 2.41. The number of nitrogens with two attached hydrogens (primary N) is 1. The number of thioether (sulfide) groups is 1. The van der Waals surface area contributed by atoms with Crippen LogP contribution in [0.25, 0.3) is 0 Å². The Kier molecular flexibility index (Phi) is 3.23. The van der Waals surface area contributed by atoms with Gasteiger partial charge in [0.2, 0.25) is 0 Å². The maximum absolute atomic E-state index is 11.3.